The Labute approximate surface area is 182 Å². The lowest BCUT2D eigenvalue weighted by Crippen LogP contribution is -2.06. The van der Waals surface area contributed by atoms with Gasteiger partial charge in [0.25, 0.3) is 0 Å². The second-order valence-electron chi connectivity index (χ2n) is 6.52. The van der Waals surface area contributed by atoms with Gasteiger partial charge in [-0.1, -0.05) is 66.4 Å². The van der Waals surface area contributed by atoms with Crippen LogP contribution in [0.5, 0.6) is 5.75 Å². The fourth-order valence-electron chi connectivity index (χ4n) is 2.60. The molecule has 2 N–H and O–H groups in total. The average molecular weight is 443 g/mol. The molecule has 8 heteroatoms. The van der Waals surface area contributed by atoms with Crippen molar-refractivity contribution in [1.82, 2.24) is 0 Å². The van der Waals surface area contributed by atoms with E-state index in [0.717, 1.165) is 23.3 Å². The summed E-state index contributed by atoms with van der Waals surface area (Å²) in [6, 6.07) is 22.0. The summed E-state index contributed by atoms with van der Waals surface area (Å²) in [4.78, 5) is 0. The molecule has 0 aliphatic rings. The first kappa shape index (κ1) is 22.4. The third kappa shape index (κ3) is 7.49. The standard InChI is InChI=1S/C23H20F3N3OS/c24-23(25,26)20-10-4-9-19(12-20)15-30-21-11-5-8-18(13-21)14-28-29-22(27)31-16-17-6-2-1-3-7-17/h1-14H,15-16H2,(H2,27,29). The van der Waals surface area contributed by atoms with Gasteiger partial charge in [-0.25, -0.2) is 0 Å². The van der Waals surface area contributed by atoms with Crippen molar-refractivity contribution < 1.29 is 17.9 Å². The maximum absolute atomic E-state index is 12.8. The number of nitrogens with zero attached hydrogens (tertiary/aromatic N) is 2. The smallest absolute Gasteiger partial charge is 0.416 e. The number of thioether (sulfide) groups is 1. The van der Waals surface area contributed by atoms with Gasteiger partial charge in [-0.05, 0) is 41.0 Å². The molecular formula is C23H20F3N3OS. The Morgan fingerprint density at radius 1 is 0.935 bits per heavy atom. The molecule has 0 fully saturated rings. The summed E-state index contributed by atoms with van der Waals surface area (Å²) in [5.41, 5.74) is 7.47. The van der Waals surface area contributed by atoms with Gasteiger partial charge in [-0.2, -0.15) is 18.3 Å². The number of ether oxygens (including phenoxy) is 1. The normalized spacial score (nSPS) is 12.3. The van der Waals surface area contributed by atoms with Crippen molar-refractivity contribution in [3.63, 3.8) is 0 Å². The number of nitrogens with two attached hydrogens (primary N) is 1. The fraction of sp³-hybridized carbons (Fsp3) is 0.130. The monoisotopic (exact) mass is 443 g/mol. The molecule has 0 aliphatic carbocycles. The van der Waals surface area contributed by atoms with Crippen molar-refractivity contribution in [2.45, 2.75) is 18.5 Å². The summed E-state index contributed by atoms with van der Waals surface area (Å²) >= 11 is 1.39. The van der Waals surface area contributed by atoms with E-state index in [1.165, 1.54) is 24.0 Å². The molecule has 160 valence electrons. The predicted octanol–water partition coefficient (Wildman–Crippen LogP) is 5.87. The molecule has 0 aromatic heterocycles. The van der Waals surface area contributed by atoms with Crippen LogP contribution in [0.1, 0.15) is 22.3 Å². The molecule has 31 heavy (non-hydrogen) atoms. The summed E-state index contributed by atoms with van der Waals surface area (Å²) in [7, 11) is 0. The minimum atomic E-state index is -4.38. The highest BCUT2D eigenvalue weighted by Crippen LogP contribution is 2.29. The van der Waals surface area contributed by atoms with Crippen LogP contribution in [0.2, 0.25) is 0 Å². The molecule has 0 spiro atoms. The van der Waals surface area contributed by atoms with Gasteiger partial charge < -0.3 is 10.5 Å². The van der Waals surface area contributed by atoms with E-state index < -0.39 is 11.7 Å². The summed E-state index contributed by atoms with van der Waals surface area (Å²) in [5, 5.41) is 8.30. The molecule has 3 rings (SSSR count). The first-order chi connectivity index (χ1) is 14.9. The SMILES string of the molecule is NC(=NN=Cc1cccc(OCc2cccc(C(F)(F)F)c2)c1)SCc1ccccc1. The van der Waals surface area contributed by atoms with Crippen LogP contribution in [-0.4, -0.2) is 11.4 Å². The lowest BCUT2D eigenvalue weighted by atomic mass is 10.1. The van der Waals surface area contributed by atoms with Crippen molar-refractivity contribution >= 4 is 23.1 Å². The van der Waals surface area contributed by atoms with Crippen LogP contribution >= 0.6 is 11.8 Å². The van der Waals surface area contributed by atoms with Gasteiger partial charge >= 0.3 is 6.18 Å². The lowest BCUT2D eigenvalue weighted by molar-refractivity contribution is -0.137. The summed E-state index contributed by atoms with van der Waals surface area (Å²) < 4.78 is 44.1. The zero-order chi connectivity index (χ0) is 22.1. The van der Waals surface area contributed by atoms with Gasteiger partial charge in [0.1, 0.15) is 12.4 Å². The minimum Gasteiger partial charge on any atom is -0.489 e. The largest absolute Gasteiger partial charge is 0.489 e. The highest BCUT2D eigenvalue weighted by Gasteiger charge is 2.30. The van der Waals surface area contributed by atoms with Crippen LogP contribution < -0.4 is 10.5 Å². The Balaban J connectivity index is 1.55. The molecule has 0 amide bonds. The van der Waals surface area contributed by atoms with Crippen LogP contribution in [-0.2, 0) is 18.5 Å². The van der Waals surface area contributed by atoms with Crippen molar-refractivity contribution in [3.8, 4) is 5.75 Å². The Bertz CT molecular complexity index is 1050. The molecule has 0 radical (unpaired) electrons. The number of hydrogen-bond donors (Lipinski definition) is 1. The first-order valence-electron chi connectivity index (χ1n) is 9.32. The molecule has 0 bridgehead atoms. The number of hydrogen-bond acceptors (Lipinski definition) is 4. The number of rotatable bonds is 7. The quantitative estimate of drug-likeness (QED) is 0.282. The summed E-state index contributed by atoms with van der Waals surface area (Å²) in [6.07, 6.45) is -2.85. The molecule has 0 unspecified atom stereocenters. The molecule has 0 aliphatic heterocycles. The van der Waals surface area contributed by atoms with E-state index in [9.17, 15) is 13.2 Å². The topological polar surface area (TPSA) is 60.0 Å². The molecular weight excluding hydrogens is 423 g/mol. The fourth-order valence-corrected chi connectivity index (χ4v) is 3.21. The zero-order valence-electron chi connectivity index (χ0n) is 16.4. The van der Waals surface area contributed by atoms with Crippen LogP contribution in [0.4, 0.5) is 13.2 Å². The van der Waals surface area contributed by atoms with E-state index >= 15 is 0 Å². The predicted molar refractivity (Wildman–Crippen MR) is 119 cm³/mol. The Morgan fingerprint density at radius 2 is 1.68 bits per heavy atom. The van der Waals surface area contributed by atoms with E-state index in [1.807, 2.05) is 36.4 Å². The molecule has 0 heterocycles. The zero-order valence-corrected chi connectivity index (χ0v) is 17.2. The molecule has 0 saturated carbocycles. The van der Waals surface area contributed by atoms with Gasteiger partial charge in [0.15, 0.2) is 5.17 Å². The van der Waals surface area contributed by atoms with Crippen LogP contribution in [0.3, 0.4) is 0 Å². The molecule has 3 aromatic carbocycles. The third-order valence-corrected chi connectivity index (χ3v) is 4.97. The van der Waals surface area contributed by atoms with E-state index in [2.05, 4.69) is 10.2 Å². The van der Waals surface area contributed by atoms with Crippen molar-refractivity contribution in [2.75, 3.05) is 0 Å². The Morgan fingerprint density at radius 3 is 2.45 bits per heavy atom. The highest BCUT2D eigenvalue weighted by molar-refractivity contribution is 8.13. The third-order valence-electron chi connectivity index (χ3n) is 4.11. The minimum absolute atomic E-state index is 0.0196. The van der Waals surface area contributed by atoms with Crippen LogP contribution in [0.25, 0.3) is 0 Å². The van der Waals surface area contributed by atoms with Gasteiger partial charge in [0.05, 0.1) is 11.8 Å². The number of amidine groups is 1. The number of halogens is 3. The van der Waals surface area contributed by atoms with Crippen LogP contribution in [0, 0.1) is 0 Å². The van der Waals surface area contributed by atoms with Crippen molar-refractivity contribution in [1.29, 1.82) is 0 Å². The maximum atomic E-state index is 12.8. The molecule has 4 nitrogen and oxygen atoms in total. The van der Waals surface area contributed by atoms with Crippen molar-refractivity contribution in [3.05, 3.63) is 101 Å². The van der Waals surface area contributed by atoms with Gasteiger partial charge in [0.2, 0.25) is 0 Å². The van der Waals surface area contributed by atoms with Gasteiger partial charge in [-0.15, -0.1) is 5.10 Å². The lowest BCUT2D eigenvalue weighted by Gasteiger charge is -2.10. The second kappa shape index (κ2) is 10.7. The number of alkyl halides is 3. The van der Waals surface area contributed by atoms with E-state index in [1.54, 1.807) is 24.3 Å². The molecule has 3 aromatic rings. The Hall–Kier alpha value is -3.26. The summed E-state index contributed by atoms with van der Waals surface area (Å²) in [6.45, 7) is 0.0196. The first-order valence-corrected chi connectivity index (χ1v) is 10.3. The van der Waals surface area contributed by atoms with E-state index in [-0.39, 0.29) is 6.61 Å². The van der Waals surface area contributed by atoms with E-state index in [0.29, 0.717) is 22.2 Å². The van der Waals surface area contributed by atoms with Gasteiger partial charge in [0, 0.05) is 5.75 Å². The second-order valence-corrected chi connectivity index (χ2v) is 7.51. The molecule has 0 atom stereocenters. The number of benzene rings is 3. The van der Waals surface area contributed by atoms with Crippen molar-refractivity contribution in [2.24, 2.45) is 15.9 Å². The summed E-state index contributed by atoms with van der Waals surface area (Å²) in [5.74, 6) is 1.21. The highest BCUT2D eigenvalue weighted by atomic mass is 32.2. The van der Waals surface area contributed by atoms with Gasteiger partial charge in [-0.3, -0.25) is 0 Å². The molecule has 0 saturated heterocycles. The Kier molecular flexibility index (Phi) is 7.72. The van der Waals surface area contributed by atoms with Crippen LogP contribution in [0.15, 0.2) is 89.1 Å². The maximum Gasteiger partial charge on any atom is 0.416 e. The average Bonchev–Trinajstić information content (AvgIpc) is 2.77. The van der Waals surface area contributed by atoms with E-state index in [4.69, 9.17) is 10.5 Å².